The van der Waals surface area contributed by atoms with Gasteiger partial charge in [-0.2, -0.15) is 0 Å². The summed E-state index contributed by atoms with van der Waals surface area (Å²) in [5, 5.41) is 6.16. The molecule has 6 heteroatoms. The smallest absolute Gasteiger partial charge is 0.242 e. The minimum Gasteiger partial charge on any atom is -0.384 e. The fraction of sp³-hybridized carbons (Fsp3) is 0.357. The van der Waals surface area contributed by atoms with E-state index >= 15 is 0 Å². The lowest BCUT2D eigenvalue weighted by Gasteiger charge is -2.13. The molecule has 1 atom stereocenters. The molecule has 1 amide bonds. The van der Waals surface area contributed by atoms with E-state index in [9.17, 15) is 4.79 Å². The third kappa shape index (κ3) is 4.08. The van der Waals surface area contributed by atoms with Gasteiger partial charge in [0.2, 0.25) is 5.91 Å². The predicted octanol–water partition coefficient (Wildman–Crippen LogP) is 1.46. The molecular formula is C14H19N5O. The number of anilines is 1. The van der Waals surface area contributed by atoms with Gasteiger partial charge in [-0.3, -0.25) is 9.78 Å². The van der Waals surface area contributed by atoms with Crippen molar-refractivity contribution in [1.82, 2.24) is 19.9 Å². The number of nitrogens with one attached hydrogen (secondary N) is 2. The second kappa shape index (κ2) is 7.28. The van der Waals surface area contributed by atoms with Crippen molar-refractivity contribution < 1.29 is 4.79 Å². The largest absolute Gasteiger partial charge is 0.384 e. The van der Waals surface area contributed by atoms with Gasteiger partial charge in [0, 0.05) is 37.9 Å². The Hall–Kier alpha value is -2.37. The Labute approximate surface area is 118 Å². The van der Waals surface area contributed by atoms with Crippen LogP contribution in [0.5, 0.6) is 0 Å². The van der Waals surface area contributed by atoms with Crippen LogP contribution >= 0.6 is 0 Å². The molecule has 0 aromatic carbocycles. The van der Waals surface area contributed by atoms with Crippen LogP contribution in [0.15, 0.2) is 43.2 Å². The molecule has 0 saturated carbocycles. The fourth-order valence-electron chi connectivity index (χ4n) is 1.78. The maximum Gasteiger partial charge on any atom is 0.242 e. The Balaban J connectivity index is 1.62. The lowest BCUT2D eigenvalue weighted by Crippen LogP contribution is -2.32. The van der Waals surface area contributed by atoms with Crippen molar-refractivity contribution in [3.63, 3.8) is 0 Å². The van der Waals surface area contributed by atoms with Crippen LogP contribution < -0.4 is 10.6 Å². The van der Waals surface area contributed by atoms with Crippen LogP contribution in [0.2, 0.25) is 0 Å². The zero-order valence-corrected chi connectivity index (χ0v) is 11.5. The first kappa shape index (κ1) is 14.0. The topological polar surface area (TPSA) is 71.8 Å². The molecule has 2 aromatic heterocycles. The minimum atomic E-state index is -0.233. The van der Waals surface area contributed by atoms with E-state index in [-0.39, 0.29) is 11.9 Å². The number of carbonyl (C=O) groups excluding carboxylic acids is 1. The Morgan fingerprint density at radius 2 is 2.25 bits per heavy atom. The van der Waals surface area contributed by atoms with Gasteiger partial charge < -0.3 is 15.2 Å². The number of rotatable bonds is 7. The highest BCUT2D eigenvalue weighted by atomic mass is 16.2. The Bertz CT molecular complexity index is 512. The number of pyridine rings is 1. The number of hydrogen-bond donors (Lipinski definition) is 2. The second-order valence-corrected chi connectivity index (χ2v) is 4.50. The Morgan fingerprint density at radius 1 is 1.35 bits per heavy atom. The second-order valence-electron chi connectivity index (χ2n) is 4.50. The molecule has 0 aliphatic heterocycles. The first-order valence-electron chi connectivity index (χ1n) is 6.66. The van der Waals surface area contributed by atoms with Crippen molar-refractivity contribution >= 4 is 11.6 Å². The molecule has 2 aromatic rings. The van der Waals surface area contributed by atoms with E-state index in [0.717, 1.165) is 18.7 Å². The molecular weight excluding hydrogens is 254 g/mol. The molecule has 0 unspecified atom stereocenters. The lowest BCUT2D eigenvalue weighted by atomic mass is 10.3. The van der Waals surface area contributed by atoms with Gasteiger partial charge in [0.05, 0.1) is 12.0 Å². The SMILES string of the molecule is C[C@H](C(=O)NCCCNc1cccnc1)n1ccnc1. The summed E-state index contributed by atoms with van der Waals surface area (Å²) in [6.07, 6.45) is 9.48. The number of carbonyl (C=O) groups is 1. The maximum absolute atomic E-state index is 11.9. The van der Waals surface area contributed by atoms with E-state index in [1.165, 1.54) is 0 Å². The van der Waals surface area contributed by atoms with Gasteiger partial charge in [-0.15, -0.1) is 0 Å². The van der Waals surface area contributed by atoms with Crippen molar-refractivity contribution in [3.05, 3.63) is 43.2 Å². The van der Waals surface area contributed by atoms with Crippen LogP contribution in [0.3, 0.4) is 0 Å². The minimum absolute atomic E-state index is 0.00405. The van der Waals surface area contributed by atoms with Crippen LogP contribution in [-0.2, 0) is 4.79 Å². The van der Waals surface area contributed by atoms with Crippen LogP contribution in [0.25, 0.3) is 0 Å². The summed E-state index contributed by atoms with van der Waals surface area (Å²) >= 11 is 0. The van der Waals surface area contributed by atoms with E-state index in [1.807, 2.05) is 19.1 Å². The standard InChI is InChI=1S/C14H19N5O/c1-12(19-9-8-16-11-19)14(20)18-7-3-6-17-13-4-2-5-15-10-13/h2,4-5,8-12,17H,3,6-7H2,1H3,(H,18,20)/t12-/m1/s1. The summed E-state index contributed by atoms with van der Waals surface area (Å²) in [6, 6.07) is 3.62. The number of nitrogens with zero attached hydrogens (tertiary/aromatic N) is 3. The van der Waals surface area contributed by atoms with E-state index < -0.39 is 0 Å². The van der Waals surface area contributed by atoms with Crippen molar-refractivity contribution in [2.45, 2.75) is 19.4 Å². The summed E-state index contributed by atoms with van der Waals surface area (Å²) < 4.78 is 1.78. The molecule has 6 nitrogen and oxygen atoms in total. The normalized spacial score (nSPS) is 11.8. The molecule has 2 rings (SSSR count). The average Bonchev–Trinajstić information content (AvgIpc) is 3.01. The van der Waals surface area contributed by atoms with Crippen molar-refractivity contribution in [2.24, 2.45) is 0 Å². The Morgan fingerprint density at radius 3 is 2.95 bits per heavy atom. The van der Waals surface area contributed by atoms with Crippen LogP contribution in [0.4, 0.5) is 5.69 Å². The van der Waals surface area contributed by atoms with Crippen LogP contribution in [-0.4, -0.2) is 33.5 Å². The summed E-state index contributed by atoms with van der Waals surface area (Å²) in [4.78, 5) is 19.8. The van der Waals surface area contributed by atoms with Crippen molar-refractivity contribution in [1.29, 1.82) is 0 Å². The number of aromatic nitrogens is 3. The lowest BCUT2D eigenvalue weighted by molar-refractivity contribution is -0.123. The molecule has 106 valence electrons. The van der Waals surface area contributed by atoms with Gasteiger partial charge in [0.25, 0.3) is 0 Å². The van der Waals surface area contributed by atoms with Gasteiger partial charge in [-0.1, -0.05) is 0 Å². The van der Waals surface area contributed by atoms with Crippen molar-refractivity contribution in [3.8, 4) is 0 Å². The highest BCUT2D eigenvalue weighted by Crippen LogP contribution is 2.04. The van der Waals surface area contributed by atoms with Gasteiger partial charge in [-0.05, 0) is 25.5 Å². The van der Waals surface area contributed by atoms with Gasteiger partial charge >= 0.3 is 0 Å². The summed E-state index contributed by atoms with van der Waals surface area (Å²) in [6.45, 7) is 3.29. The summed E-state index contributed by atoms with van der Waals surface area (Å²) in [5.41, 5.74) is 0.991. The first-order chi connectivity index (χ1) is 9.77. The van der Waals surface area contributed by atoms with Crippen molar-refractivity contribution in [2.75, 3.05) is 18.4 Å². The van der Waals surface area contributed by atoms with Crippen LogP contribution in [0, 0.1) is 0 Å². The molecule has 0 aliphatic carbocycles. The highest BCUT2D eigenvalue weighted by Gasteiger charge is 2.12. The van der Waals surface area contributed by atoms with E-state index in [1.54, 1.807) is 35.7 Å². The number of imidazole rings is 1. The third-order valence-corrected chi connectivity index (χ3v) is 2.99. The molecule has 20 heavy (non-hydrogen) atoms. The van der Waals surface area contributed by atoms with Gasteiger partial charge in [0.15, 0.2) is 0 Å². The average molecular weight is 273 g/mol. The molecule has 0 saturated heterocycles. The zero-order valence-electron chi connectivity index (χ0n) is 11.5. The first-order valence-corrected chi connectivity index (χ1v) is 6.66. The molecule has 0 fully saturated rings. The molecule has 0 aliphatic rings. The molecule has 2 N–H and O–H groups in total. The highest BCUT2D eigenvalue weighted by molar-refractivity contribution is 5.79. The summed E-state index contributed by atoms with van der Waals surface area (Å²) in [7, 11) is 0. The number of hydrogen-bond acceptors (Lipinski definition) is 4. The van der Waals surface area contributed by atoms with E-state index in [2.05, 4.69) is 20.6 Å². The predicted molar refractivity (Wildman–Crippen MR) is 77.3 cm³/mol. The van der Waals surface area contributed by atoms with Crippen LogP contribution in [0.1, 0.15) is 19.4 Å². The van der Waals surface area contributed by atoms with Gasteiger partial charge in [-0.25, -0.2) is 4.98 Å². The quantitative estimate of drug-likeness (QED) is 0.749. The number of amides is 1. The molecule has 2 heterocycles. The van der Waals surface area contributed by atoms with E-state index in [0.29, 0.717) is 6.54 Å². The molecule has 0 spiro atoms. The Kier molecular flexibility index (Phi) is 5.11. The fourth-order valence-corrected chi connectivity index (χ4v) is 1.78. The molecule has 0 bridgehead atoms. The molecule has 0 radical (unpaired) electrons. The monoisotopic (exact) mass is 273 g/mol. The van der Waals surface area contributed by atoms with Gasteiger partial charge in [0.1, 0.15) is 6.04 Å². The zero-order chi connectivity index (χ0) is 14.2. The third-order valence-electron chi connectivity index (χ3n) is 2.99. The van der Waals surface area contributed by atoms with E-state index in [4.69, 9.17) is 0 Å². The summed E-state index contributed by atoms with van der Waals surface area (Å²) in [5.74, 6) is 0.00405. The maximum atomic E-state index is 11.9.